The number of carbonyl (C=O) groups excluding carboxylic acids is 1. The molecule has 1 unspecified atom stereocenters. The van der Waals surface area contributed by atoms with Crippen LogP contribution in [0, 0.1) is 12.7 Å². The molecule has 4 aromatic rings. The van der Waals surface area contributed by atoms with Crippen LogP contribution in [0.25, 0.3) is 5.00 Å². The molecule has 0 bridgehead atoms. The molecule has 1 atom stereocenters. The molecule has 1 N–H and O–H groups in total. The molecule has 1 aliphatic heterocycles. The minimum absolute atomic E-state index is 0.142. The minimum atomic E-state index is -0.391. The zero-order chi connectivity index (χ0) is 23.9. The average Bonchev–Trinajstić information content (AvgIpc) is 3.45. The molecule has 2 aliphatic rings. The molecule has 1 aliphatic carbocycles. The predicted molar refractivity (Wildman–Crippen MR) is 137 cm³/mol. The van der Waals surface area contributed by atoms with Crippen molar-refractivity contribution in [1.82, 2.24) is 14.8 Å². The molecule has 3 heterocycles. The number of hydrogen-bond donors (Lipinski definition) is 1. The molecule has 35 heavy (non-hydrogen) atoms. The highest BCUT2D eigenvalue weighted by molar-refractivity contribution is 7.15. The van der Waals surface area contributed by atoms with Crippen LogP contribution < -0.4 is 5.32 Å². The molecule has 0 radical (unpaired) electrons. The highest BCUT2D eigenvalue weighted by Gasteiger charge is 2.36. The molecule has 2 aromatic carbocycles. The number of nitrogens with zero attached hydrogens (tertiary/aromatic N) is 2. The molecule has 0 saturated heterocycles. The van der Waals surface area contributed by atoms with Crippen LogP contribution in [-0.4, -0.2) is 15.5 Å². The maximum atomic E-state index is 14.4. The Morgan fingerprint density at radius 2 is 1.89 bits per heavy atom. The second kappa shape index (κ2) is 9.00. The average molecular weight is 486 g/mol. The monoisotopic (exact) mass is 485 g/mol. The van der Waals surface area contributed by atoms with E-state index in [1.54, 1.807) is 12.1 Å². The Morgan fingerprint density at radius 3 is 2.71 bits per heavy atom. The number of carbonyl (C=O) groups is 1. The number of aryl methyl sites for hydroxylation is 2. The number of amides is 2. The van der Waals surface area contributed by atoms with Crippen LogP contribution in [-0.2, 0) is 25.9 Å². The summed E-state index contributed by atoms with van der Waals surface area (Å²) in [5.41, 5.74) is 6.66. The van der Waals surface area contributed by atoms with E-state index in [1.165, 1.54) is 45.5 Å². The molecule has 4 nitrogen and oxygen atoms in total. The van der Waals surface area contributed by atoms with Crippen LogP contribution in [0.5, 0.6) is 0 Å². The molecular formula is C29H28FN3OS. The largest absolute Gasteiger partial charge is 0.334 e. The third-order valence-corrected chi connectivity index (χ3v) is 8.50. The van der Waals surface area contributed by atoms with Crippen molar-refractivity contribution in [2.75, 3.05) is 0 Å². The van der Waals surface area contributed by atoms with E-state index in [-0.39, 0.29) is 11.8 Å². The predicted octanol–water partition coefficient (Wildman–Crippen LogP) is 6.68. The van der Waals surface area contributed by atoms with Crippen LogP contribution in [0.3, 0.4) is 0 Å². The van der Waals surface area contributed by atoms with Crippen molar-refractivity contribution < 1.29 is 9.18 Å². The highest BCUT2D eigenvalue weighted by atomic mass is 32.1. The molecule has 0 spiro atoms. The fraction of sp³-hybridized carbons (Fsp3) is 0.276. The van der Waals surface area contributed by atoms with E-state index in [1.807, 2.05) is 40.5 Å². The van der Waals surface area contributed by atoms with Crippen molar-refractivity contribution in [3.63, 3.8) is 0 Å². The van der Waals surface area contributed by atoms with Crippen molar-refractivity contribution in [3.8, 4) is 5.00 Å². The fourth-order valence-electron chi connectivity index (χ4n) is 5.40. The van der Waals surface area contributed by atoms with Crippen molar-refractivity contribution in [1.29, 1.82) is 0 Å². The molecule has 178 valence electrons. The zero-order valence-electron chi connectivity index (χ0n) is 19.8. The number of fused-ring (bicyclic) bond motifs is 5. The highest BCUT2D eigenvalue weighted by Crippen LogP contribution is 2.44. The van der Waals surface area contributed by atoms with Gasteiger partial charge < -0.3 is 14.8 Å². The van der Waals surface area contributed by atoms with Gasteiger partial charge >= 0.3 is 6.03 Å². The SMILES string of the molecule is Cc1ccc(CNC(=O)N2Cc3c(sc4c3CCCC4)-n3cccc3C2c2cccc(F)c2)cc1. The van der Waals surface area contributed by atoms with Crippen LogP contribution >= 0.6 is 11.3 Å². The Bertz CT molecular complexity index is 1390. The standard InChI is InChI=1S/C29H28FN3OS/c1-19-11-13-20(14-12-19)17-31-29(34)33-18-24-23-8-2-3-10-26(23)35-28(24)32-15-5-9-25(32)27(33)21-6-4-7-22(30)16-21/h4-7,9,11-16,27H,2-3,8,10,17-18H2,1H3,(H,31,34). The number of benzene rings is 2. The first kappa shape index (κ1) is 22.1. The topological polar surface area (TPSA) is 37.3 Å². The van der Waals surface area contributed by atoms with E-state index in [2.05, 4.69) is 41.2 Å². The van der Waals surface area contributed by atoms with E-state index in [4.69, 9.17) is 0 Å². The lowest BCUT2D eigenvalue weighted by molar-refractivity contribution is 0.180. The number of thiophene rings is 1. The van der Waals surface area contributed by atoms with Crippen LogP contribution in [0.2, 0.25) is 0 Å². The normalized spacial score (nSPS) is 16.7. The molecule has 6 heteroatoms. The van der Waals surface area contributed by atoms with Gasteiger partial charge in [0.05, 0.1) is 18.3 Å². The fourth-order valence-corrected chi connectivity index (χ4v) is 6.80. The Hall–Kier alpha value is -3.38. The van der Waals surface area contributed by atoms with Crippen molar-refractivity contribution >= 4 is 17.4 Å². The van der Waals surface area contributed by atoms with Crippen molar-refractivity contribution in [2.45, 2.75) is 51.7 Å². The minimum Gasteiger partial charge on any atom is -0.334 e. The first-order valence-corrected chi connectivity index (χ1v) is 13.1. The van der Waals surface area contributed by atoms with Gasteiger partial charge in [0.15, 0.2) is 0 Å². The summed E-state index contributed by atoms with van der Waals surface area (Å²) < 4.78 is 16.6. The number of halogens is 1. The molecule has 0 fully saturated rings. The summed E-state index contributed by atoms with van der Waals surface area (Å²) in [6.07, 6.45) is 6.65. The van der Waals surface area contributed by atoms with Gasteiger partial charge in [0.25, 0.3) is 0 Å². The van der Waals surface area contributed by atoms with E-state index < -0.39 is 6.04 Å². The van der Waals surface area contributed by atoms with Crippen molar-refractivity contribution in [2.24, 2.45) is 0 Å². The van der Waals surface area contributed by atoms with Gasteiger partial charge in [-0.2, -0.15) is 0 Å². The van der Waals surface area contributed by atoms with E-state index in [0.717, 1.165) is 29.7 Å². The van der Waals surface area contributed by atoms with E-state index in [0.29, 0.717) is 13.1 Å². The lowest BCUT2D eigenvalue weighted by atomic mass is 9.95. The summed E-state index contributed by atoms with van der Waals surface area (Å²) in [5.74, 6) is -0.294. The lowest BCUT2D eigenvalue weighted by Crippen LogP contribution is -2.41. The van der Waals surface area contributed by atoms with Gasteiger partial charge in [-0.15, -0.1) is 11.3 Å². The van der Waals surface area contributed by atoms with Gasteiger partial charge in [0, 0.05) is 23.2 Å². The van der Waals surface area contributed by atoms with Crippen LogP contribution in [0.1, 0.15) is 57.3 Å². The van der Waals surface area contributed by atoms with Crippen LogP contribution in [0.15, 0.2) is 66.9 Å². The number of hydrogen-bond acceptors (Lipinski definition) is 2. The first-order chi connectivity index (χ1) is 17.1. The molecular weight excluding hydrogens is 457 g/mol. The first-order valence-electron chi connectivity index (χ1n) is 12.2. The van der Waals surface area contributed by atoms with Crippen molar-refractivity contribution in [3.05, 3.63) is 111 Å². The van der Waals surface area contributed by atoms with Gasteiger partial charge in [-0.3, -0.25) is 0 Å². The maximum Gasteiger partial charge on any atom is 0.318 e. The zero-order valence-corrected chi connectivity index (χ0v) is 20.6. The summed E-state index contributed by atoms with van der Waals surface area (Å²) in [5, 5.41) is 4.34. The summed E-state index contributed by atoms with van der Waals surface area (Å²) in [4.78, 5) is 17.1. The Kier molecular flexibility index (Phi) is 5.69. The quantitative estimate of drug-likeness (QED) is 0.345. The Balaban J connectivity index is 1.43. The number of urea groups is 1. The van der Waals surface area contributed by atoms with Gasteiger partial charge in [0.1, 0.15) is 10.8 Å². The summed E-state index contributed by atoms with van der Waals surface area (Å²) in [7, 11) is 0. The third kappa shape index (κ3) is 4.06. The van der Waals surface area contributed by atoms with Gasteiger partial charge in [-0.1, -0.05) is 42.0 Å². The summed E-state index contributed by atoms with van der Waals surface area (Å²) in [6.45, 7) is 3.00. The van der Waals surface area contributed by atoms with Gasteiger partial charge in [-0.05, 0) is 73.6 Å². The number of rotatable bonds is 3. The molecule has 2 aromatic heterocycles. The second-order valence-corrected chi connectivity index (χ2v) is 10.6. The summed E-state index contributed by atoms with van der Waals surface area (Å²) >= 11 is 1.85. The Labute approximate surface area is 209 Å². The second-order valence-electron chi connectivity index (χ2n) is 9.53. The lowest BCUT2D eigenvalue weighted by Gasteiger charge is -2.31. The van der Waals surface area contributed by atoms with Crippen LogP contribution in [0.4, 0.5) is 9.18 Å². The smallest absolute Gasteiger partial charge is 0.318 e. The summed E-state index contributed by atoms with van der Waals surface area (Å²) in [6, 6.07) is 18.4. The molecule has 0 saturated carbocycles. The molecule has 6 rings (SSSR count). The van der Waals surface area contributed by atoms with Gasteiger partial charge in [-0.25, -0.2) is 9.18 Å². The van der Waals surface area contributed by atoms with Gasteiger partial charge in [0.2, 0.25) is 0 Å². The number of aromatic nitrogens is 1. The third-order valence-electron chi connectivity index (χ3n) is 7.17. The number of nitrogens with one attached hydrogen (secondary N) is 1. The molecule has 2 amide bonds. The van der Waals surface area contributed by atoms with E-state index >= 15 is 0 Å². The van der Waals surface area contributed by atoms with E-state index in [9.17, 15) is 9.18 Å². The maximum absolute atomic E-state index is 14.4. The Morgan fingerprint density at radius 1 is 1.06 bits per heavy atom.